The van der Waals surface area contributed by atoms with E-state index >= 15 is 0 Å². The fourth-order valence-corrected chi connectivity index (χ4v) is 1.52. The molecule has 0 aromatic carbocycles. The summed E-state index contributed by atoms with van der Waals surface area (Å²) in [6.45, 7) is 0. The molecule has 2 heterocycles. The lowest BCUT2D eigenvalue weighted by Crippen LogP contribution is -1.98. The molecule has 0 aliphatic carbocycles. The van der Waals surface area contributed by atoms with Crippen LogP contribution >= 0.6 is 23.2 Å². The Hall–Kier alpha value is -1.06. The molecule has 0 N–H and O–H groups in total. The van der Waals surface area contributed by atoms with Crippen molar-refractivity contribution in [1.82, 2.24) is 14.8 Å². The summed E-state index contributed by atoms with van der Waals surface area (Å²) in [4.78, 5) is 3.99. The zero-order valence-electron chi connectivity index (χ0n) is 7.19. The summed E-state index contributed by atoms with van der Waals surface area (Å²) < 4.78 is 1.68. The van der Waals surface area contributed by atoms with Crippen molar-refractivity contribution >= 4 is 23.2 Å². The van der Waals surface area contributed by atoms with Gasteiger partial charge in [0.2, 0.25) is 0 Å². The van der Waals surface area contributed by atoms with Crippen molar-refractivity contribution in [2.24, 2.45) is 0 Å². The fraction of sp³-hybridized carbons (Fsp3) is 0.111. The van der Waals surface area contributed by atoms with Gasteiger partial charge in [-0.3, -0.25) is 4.98 Å². The Morgan fingerprint density at radius 2 is 2.21 bits per heavy atom. The molecular weight excluding hydrogens is 221 g/mol. The second kappa shape index (κ2) is 3.98. The minimum atomic E-state index is 0.403. The van der Waals surface area contributed by atoms with E-state index in [-0.39, 0.29) is 0 Å². The van der Waals surface area contributed by atoms with E-state index in [1.165, 1.54) is 0 Å². The minimum Gasteiger partial charge on any atom is -0.264 e. The molecule has 0 atom stereocenters. The predicted molar refractivity (Wildman–Crippen MR) is 55.9 cm³/mol. The zero-order valence-corrected chi connectivity index (χ0v) is 8.70. The number of pyridine rings is 1. The van der Waals surface area contributed by atoms with E-state index in [4.69, 9.17) is 23.2 Å². The molecule has 0 amide bonds. The average Bonchev–Trinajstić information content (AvgIpc) is 2.65. The lowest BCUT2D eigenvalue weighted by atomic mass is 10.2. The molecule has 0 saturated carbocycles. The summed E-state index contributed by atoms with van der Waals surface area (Å²) in [7, 11) is 0. The number of alkyl halides is 1. The van der Waals surface area contributed by atoms with E-state index < -0.39 is 0 Å². The van der Waals surface area contributed by atoms with Crippen molar-refractivity contribution in [1.29, 1.82) is 0 Å². The topological polar surface area (TPSA) is 30.7 Å². The van der Waals surface area contributed by atoms with Gasteiger partial charge in [0.1, 0.15) is 0 Å². The number of rotatable bonds is 2. The molecule has 72 valence electrons. The van der Waals surface area contributed by atoms with E-state index in [9.17, 15) is 0 Å². The highest BCUT2D eigenvalue weighted by Gasteiger charge is 2.04. The molecule has 0 aliphatic heterocycles. The third kappa shape index (κ3) is 1.74. The monoisotopic (exact) mass is 227 g/mol. The van der Waals surface area contributed by atoms with Gasteiger partial charge in [0.15, 0.2) is 0 Å². The Balaban J connectivity index is 2.50. The van der Waals surface area contributed by atoms with Crippen molar-refractivity contribution in [3.05, 3.63) is 41.4 Å². The van der Waals surface area contributed by atoms with Crippen LogP contribution in [-0.4, -0.2) is 14.8 Å². The number of nitrogens with zero attached hydrogens (tertiary/aromatic N) is 3. The molecule has 3 nitrogen and oxygen atoms in total. The first kappa shape index (κ1) is 9.49. The highest BCUT2D eigenvalue weighted by atomic mass is 35.5. The summed E-state index contributed by atoms with van der Waals surface area (Å²) in [6, 6.07) is 1.85. The molecule has 2 aromatic heterocycles. The molecule has 0 saturated heterocycles. The normalized spacial score (nSPS) is 10.4. The van der Waals surface area contributed by atoms with Gasteiger partial charge >= 0.3 is 0 Å². The van der Waals surface area contributed by atoms with Gasteiger partial charge in [-0.2, -0.15) is 5.10 Å². The summed E-state index contributed by atoms with van der Waals surface area (Å²) >= 11 is 11.5. The average molecular weight is 228 g/mol. The molecule has 0 bridgehead atoms. The summed E-state index contributed by atoms with van der Waals surface area (Å²) in [5.41, 5.74) is 1.83. The van der Waals surface area contributed by atoms with Crippen molar-refractivity contribution in [2.45, 2.75) is 5.88 Å². The first-order valence-corrected chi connectivity index (χ1v) is 4.92. The number of aromatic nitrogens is 3. The van der Waals surface area contributed by atoms with Crippen LogP contribution in [0.3, 0.4) is 0 Å². The van der Waals surface area contributed by atoms with E-state index in [0.717, 1.165) is 11.3 Å². The van der Waals surface area contributed by atoms with Crippen LogP contribution in [0.25, 0.3) is 5.69 Å². The molecule has 0 fully saturated rings. The van der Waals surface area contributed by atoms with Gasteiger partial charge in [-0.05, 0) is 6.07 Å². The first-order chi connectivity index (χ1) is 6.81. The smallest absolute Gasteiger partial charge is 0.0790 e. The molecular formula is C9H7Cl2N3. The third-order valence-corrected chi connectivity index (χ3v) is 2.30. The Morgan fingerprint density at radius 1 is 1.36 bits per heavy atom. The van der Waals surface area contributed by atoms with Crippen LogP contribution in [0.4, 0.5) is 0 Å². The van der Waals surface area contributed by atoms with Gasteiger partial charge in [0.05, 0.1) is 22.8 Å². The summed E-state index contributed by atoms with van der Waals surface area (Å²) in [6.07, 6.45) is 6.73. The van der Waals surface area contributed by atoms with Crippen LogP contribution in [0.1, 0.15) is 5.56 Å². The van der Waals surface area contributed by atoms with Gasteiger partial charge in [0, 0.05) is 24.2 Å². The Kier molecular flexibility index (Phi) is 2.70. The highest BCUT2D eigenvalue weighted by molar-refractivity contribution is 6.30. The Bertz CT molecular complexity index is 439. The van der Waals surface area contributed by atoms with Gasteiger partial charge in [-0.25, -0.2) is 4.68 Å². The molecule has 2 aromatic rings. The number of halogens is 2. The van der Waals surface area contributed by atoms with Crippen molar-refractivity contribution in [3.8, 4) is 5.69 Å². The van der Waals surface area contributed by atoms with Crippen molar-refractivity contribution in [3.63, 3.8) is 0 Å². The van der Waals surface area contributed by atoms with Crippen LogP contribution in [0.15, 0.2) is 30.9 Å². The maximum Gasteiger partial charge on any atom is 0.0790 e. The van der Waals surface area contributed by atoms with Crippen LogP contribution in [0, 0.1) is 0 Å². The SMILES string of the molecule is ClCc1cnccc1-n1cc(Cl)cn1. The Labute approximate surface area is 91.3 Å². The zero-order chi connectivity index (χ0) is 9.97. The van der Waals surface area contributed by atoms with E-state index in [1.54, 1.807) is 29.5 Å². The van der Waals surface area contributed by atoms with Crippen LogP contribution < -0.4 is 0 Å². The lowest BCUT2D eigenvalue weighted by molar-refractivity contribution is 0.867. The molecule has 0 spiro atoms. The molecule has 2 rings (SSSR count). The van der Waals surface area contributed by atoms with Gasteiger partial charge in [-0.15, -0.1) is 11.6 Å². The van der Waals surface area contributed by atoms with Gasteiger partial charge in [-0.1, -0.05) is 11.6 Å². The van der Waals surface area contributed by atoms with E-state index in [1.807, 2.05) is 6.07 Å². The largest absolute Gasteiger partial charge is 0.264 e. The molecule has 0 radical (unpaired) electrons. The predicted octanol–water partition coefficient (Wildman–Crippen LogP) is 2.66. The molecule has 0 aliphatic rings. The van der Waals surface area contributed by atoms with Gasteiger partial charge in [0.25, 0.3) is 0 Å². The molecule has 14 heavy (non-hydrogen) atoms. The second-order valence-corrected chi connectivity index (χ2v) is 3.44. The van der Waals surface area contributed by atoms with Crippen LogP contribution in [0.5, 0.6) is 0 Å². The van der Waals surface area contributed by atoms with Crippen molar-refractivity contribution < 1.29 is 0 Å². The van der Waals surface area contributed by atoms with Gasteiger partial charge < -0.3 is 0 Å². The standard InChI is InChI=1S/C9H7Cl2N3/c10-3-7-4-12-2-1-9(7)14-6-8(11)5-13-14/h1-2,4-6H,3H2. The quantitative estimate of drug-likeness (QED) is 0.739. The third-order valence-electron chi connectivity index (χ3n) is 1.82. The lowest BCUT2D eigenvalue weighted by Gasteiger charge is -2.04. The maximum absolute atomic E-state index is 5.77. The van der Waals surface area contributed by atoms with E-state index in [0.29, 0.717) is 10.9 Å². The van der Waals surface area contributed by atoms with Crippen LogP contribution in [0.2, 0.25) is 5.02 Å². The maximum atomic E-state index is 5.77. The number of hydrogen-bond donors (Lipinski definition) is 0. The summed E-state index contributed by atoms with van der Waals surface area (Å²) in [5.74, 6) is 0.403. The molecule has 5 heteroatoms. The fourth-order valence-electron chi connectivity index (χ4n) is 1.18. The first-order valence-electron chi connectivity index (χ1n) is 4.00. The molecule has 0 unspecified atom stereocenters. The minimum absolute atomic E-state index is 0.403. The second-order valence-electron chi connectivity index (χ2n) is 2.74. The van der Waals surface area contributed by atoms with E-state index in [2.05, 4.69) is 10.1 Å². The van der Waals surface area contributed by atoms with Crippen LogP contribution in [-0.2, 0) is 5.88 Å². The van der Waals surface area contributed by atoms with Crippen molar-refractivity contribution in [2.75, 3.05) is 0 Å². The summed E-state index contributed by atoms with van der Waals surface area (Å²) in [5, 5.41) is 4.69. The number of hydrogen-bond acceptors (Lipinski definition) is 2. The highest BCUT2D eigenvalue weighted by Crippen LogP contribution is 2.16. The Morgan fingerprint density at radius 3 is 2.86 bits per heavy atom.